The Morgan fingerprint density at radius 2 is 0.935 bits per heavy atom. The highest BCUT2D eigenvalue weighted by molar-refractivity contribution is 5.86. The molecule has 2 saturated heterocycles. The van der Waals surface area contributed by atoms with Crippen molar-refractivity contribution in [1.29, 1.82) is 0 Å². The summed E-state index contributed by atoms with van der Waals surface area (Å²) < 4.78 is 0. The molecule has 31 heavy (non-hydrogen) atoms. The van der Waals surface area contributed by atoms with Crippen molar-refractivity contribution in [3.05, 3.63) is 84.9 Å². The van der Waals surface area contributed by atoms with Crippen molar-refractivity contribution in [2.45, 2.75) is 0 Å². The number of fused-ring (bicyclic) bond motifs is 2. The minimum absolute atomic E-state index is 1.00. The molecule has 0 saturated carbocycles. The third-order valence-corrected chi connectivity index (χ3v) is 6.71. The van der Waals surface area contributed by atoms with Crippen molar-refractivity contribution in [3.8, 4) is 0 Å². The first-order valence-electron chi connectivity index (χ1n) is 11.2. The Balaban J connectivity index is 1.09. The molecule has 2 aliphatic heterocycles. The van der Waals surface area contributed by atoms with Crippen LogP contribution in [0, 0.1) is 0 Å². The van der Waals surface area contributed by atoms with Gasteiger partial charge in [-0.15, -0.1) is 0 Å². The zero-order valence-electron chi connectivity index (χ0n) is 17.8. The van der Waals surface area contributed by atoms with Crippen LogP contribution < -0.4 is 9.80 Å². The van der Waals surface area contributed by atoms with Crippen LogP contribution in [0.2, 0.25) is 0 Å². The molecule has 0 aromatic heterocycles. The summed E-state index contributed by atoms with van der Waals surface area (Å²) >= 11 is 0. The molecule has 2 fully saturated rings. The normalized spacial score (nSPS) is 17.9. The van der Waals surface area contributed by atoms with Crippen molar-refractivity contribution in [2.24, 2.45) is 0 Å². The SMILES string of the molecule is c1ccc2cc(N3CCN(CN4CCN(c5ccc6ccccc6c5)C4)C3)ccc2c1. The number of hydrogen-bond acceptors (Lipinski definition) is 4. The van der Waals surface area contributed by atoms with Gasteiger partial charge in [0.25, 0.3) is 0 Å². The maximum atomic E-state index is 2.57. The molecule has 0 amide bonds. The molecule has 156 valence electrons. The van der Waals surface area contributed by atoms with Crippen LogP contribution in [0.4, 0.5) is 11.4 Å². The van der Waals surface area contributed by atoms with Gasteiger partial charge < -0.3 is 9.80 Å². The predicted molar refractivity (Wildman–Crippen MR) is 131 cm³/mol. The summed E-state index contributed by atoms with van der Waals surface area (Å²) in [4.78, 5) is 10.1. The first-order chi connectivity index (χ1) is 15.3. The van der Waals surface area contributed by atoms with E-state index in [1.807, 2.05) is 0 Å². The number of rotatable bonds is 4. The summed E-state index contributed by atoms with van der Waals surface area (Å²) in [6.07, 6.45) is 0. The van der Waals surface area contributed by atoms with E-state index in [1.165, 1.54) is 32.9 Å². The van der Waals surface area contributed by atoms with Gasteiger partial charge >= 0.3 is 0 Å². The Hall–Kier alpha value is -3.08. The average molecular weight is 409 g/mol. The molecule has 0 unspecified atom stereocenters. The highest BCUT2D eigenvalue weighted by Gasteiger charge is 2.26. The van der Waals surface area contributed by atoms with E-state index in [0.29, 0.717) is 0 Å². The minimum Gasteiger partial charge on any atom is -0.357 e. The summed E-state index contributed by atoms with van der Waals surface area (Å²) in [5.74, 6) is 0. The lowest BCUT2D eigenvalue weighted by Gasteiger charge is -2.25. The van der Waals surface area contributed by atoms with E-state index in [1.54, 1.807) is 0 Å². The van der Waals surface area contributed by atoms with Gasteiger partial charge in [0.1, 0.15) is 0 Å². The fraction of sp³-hybridized carbons (Fsp3) is 0.259. The Morgan fingerprint density at radius 3 is 1.42 bits per heavy atom. The summed E-state index contributed by atoms with van der Waals surface area (Å²) in [6, 6.07) is 30.9. The van der Waals surface area contributed by atoms with Crippen LogP contribution in [0.15, 0.2) is 84.9 Å². The van der Waals surface area contributed by atoms with E-state index in [-0.39, 0.29) is 0 Å². The van der Waals surface area contributed by atoms with Crippen LogP contribution in [0.1, 0.15) is 0 Å². The van der Waals surface area contributed by atoms with Crippen LogP contribution in [0.3, 0.4) is 0 Å². The molecule has 4 aromatic rings. The summed E-state index contributed by atoms with van der Waals surface area (Å²) in [5.41, 5.74) is 2.67. The largest absolute Gasteiger partial charge is 0.357 e. The quantitative estimate of drug-likeness (QED) is 0.480. The summed E-state index contributed by atoms with van der Waals surface area (Å²) in [7, 11) is 0. The second-order valence-electron chi connectivity index (χ2n) is 8.80. The molecule has 2 aliphatic rings. The van der Waals surface area contributed by atoms with Gasteiger partial charge in [0, 0.05) is 37.6 Å². The lowest BCUT2D eigenvalue weighted by atomic mass is 10.1. The van der Waals surface area contributed by atoms with E-state index in [4.69, 9.17) is 0 Å². The first kappa shape index (κ1) is 18.7. The predicted octanol–water partition coefficient (Wildman–Crippen LogP) is 4.81. The van der Waals surface area contributed by atoms with Crippen LogP contribution >= 0.6 is 0 Å². The zero-order chi connectivity index (χ0) is 20.6. The molecule has 0 N–H and O–H groups in total. The van der Waals surface area contributed by atoms with Crippen molar-refractivity contribution >= 4 is 32.9 Å². The van der Waals surface area contributed by atoms with E-state index < -0.39 is 0 Å². The molecule has 2 heterocycles. The fourth-order valence-electron chi connectivity index (χ4n) is 4.97. The monoisotopic (exact) mass is 408 g/mol. The molecule has 4 nitrogen and oxygen atoms in total. The Bertz CT molecular complexity index is 1120. The van der Waals surface area contributed by atoms with Gasteiger partial charge in [0.15, 0.2) is 0 Å². The van der Waals surface area contributed by atoms with Gasteiger partial charge in [-0.25, -0.2) is 0 Å². The smallest absolute Gasteiger partial charge is 0.0718 e. The molecular formula is C27H28N4. The van der Waals surface area contributed by atoms with Crippen molar-refractivity contribution in [2.75, 3.05) is 56.0 Å². The molecular weight excluding hydrogens is 380 g/mol. The van der Waals surface area contributed by atoms with Gasteiger partial charge in [-0.05, 0) is 45.8 Å². The van der Waals surface area contributed by atoms with Gasteiger partial charge in [-0.1, -0.05) is 60.7 Å². The van der Waals surface area contributed by atoms with Crippen molar-refractivity contribution in [3.63, 3.8) is 0 Å². The first-order valence-corrected chi connectivity index (χ1v) is 11.2. The zero-order valence-corrected chi connectivity index (χ0v) is 17.8. The lowest BCUT2D eigenvalue weighted by molar-refractivity contribution is 0.184. The number of anilines is 2. The molecule has 0 bridgehead atoms. The maximum absolute atomic E-state index is 2.57. The van der Waals surface area contributed by atoms with Crippen LogP contribution in [0.25, 0.3) is 21.5 Å². The van der Waals surface area contributed by atoms with Gasteiger partial charge in [0.2, 0.25) is 0 Å². The van der Waals surface area contributed by atoms with E-state index in [2.05, 4.69) is 105 Å². The summed E-state index contributed by atoms with van der Waals surface area (Å²) in [5, 5.41) is 5.27. The van der Waals surface area contributed by atoms with Gasteiger partial charge in [-0.2, -0.15) is 0 Å². The molecule has 0 atom stereocenters. The van der Waals surface area contributed by atoms with E-state index in [0.717, 1.165) is 46.2 Å². The molecule has 0 aliphatic carbocycles. The Labute approximate surface area is 183 Å². The van der Waals surface area contributed by atoms with Gasteiger partial charge in [0.05, 0.1) is 20.0 Å². The number of nitrogens with zero attached hydrogens (tertiary/aromatic N) is 4. The van der Waals surface area contributed by atoms with Crippen LogP contribution in [0.5, 0.6) is 0 Å². The van der Waals surface area contributed by atoms with E-state index >= 15 is 0 Å². The second-order valence-corrected chi connectivity index (χ2v) is 8.80. The average Bonchev–Trinajstić information content (AvgIpc) is 3.49. The third kappa shape index (κ3) is 3.73. The molecule has 6 rings (SSSR count). The second kappa shape index (κ2) is 7.88. The number of benzene rings is 4. The third-order valence-electron chi connectivity index (χ3n) is 6.71. The van der Waals surface area contributed by atoms with Crippen molar-refractivity contribution < 1.29 is 0 Å². The van der Waals surface area contributed by atoms with E-state index in [9.17, 15) is 0 Å². The maximum Gasteiger partial charge on any atom is 0.0718 e. The van der Waals surface area contributed by atoms with Crippen LogP contribution in [-0.4, -0.2) is 56.0 Å². The summed E-state index contributed by atoms with van der Waals surface area (Å²) in [6.45, 7) is 7.49. The topological polar surface area (TPSA) is 13.0 Å². The van der Waals surface area contributed by atoms with Gasteiger partial charge in [-0.3, -0.25) is 9.80 Å². The Morgan fingerprint density at radius 1 is 0.484 bits per heavy atom. The molecule has 0 radical (unpaired) electrons. The highest BCUT2D eigenvalue weighted by atomic mass is 15.5. The Kier molecular flexibility index (Phi) is 4.74. The molecule has 4 aromatic carbocycles. The molecule has 4 heteroatoms. The van der Waals surface area contributed by atoms with Crippen molar-refractivity contribution in [1.82, 2.24) is 9.80 Å². The fourth-order valence-corrected chi connectivity index (χ4v) is 4.97. The lowest BCUT2D eigenvalue weighted by Crippen LogP contribution is -2.37. The highest BCUT2D eigenvalue weighted by Crippen LogP contribution is 2.26. The van der Waals surface area contributed by atoms with Crippen LogP contribution in [-0.2, 0) is 0 Å². The minimum atomic E-state index is 1.00. The molecule has 0 spiro atoms. The standard InChI is InChI=1S/C27H28N4/c1-3-7-24-17-26(11-9-22(24)5-1)30-15-13-28(20-30)19-29-14-16-31(21-29)27-12-10-23-6-2-4-8-25(23)18-27/h1-12,17-18H,13-16,19-21H2. The number of hydrogen-bond donors (Lipinski definition) is 0.